The van der Waals surface area contributed by atoms with Crippen molar-refractivity contribution in [1.82, 2.24) is 30.5 Å². The maximum absolute atomic E-state index is 15.1. The Morgan fingerprint density at radius 1 is 1.11 bits per heavy atom. The van der Waals surface area contributed by atoms with Crippen LogP contribution in [-0.2, 0) is 0 Å². The van der Waals surface area contributed by atoms with Crippen molar-refractivity contribution in [1.29, 1.82) is 0 Å². The van der Waals surface area contributed by atoms with Crippen molar-refractivity contribution < 1.29 is 4.39 Å². The molecule has 0 bridgehead atoms. The van der Waals surface area contributed by atoms with Crippen LogP contribution in [0.25, 0.3) is 16.8 Å². The highest BCUT2D eigenvalue weighted by Crippen LogP contribution is 2.31. The number of pyridine rings is 1. The number of nitrogens with zero attached hydrogens (tertiary/aromatic N) is 4. The van der Waals surface area contributed by atoms with Gasteiger partial charge in [-0.25, -0.2) is 9.37 Å². The predicted octanol–water partition coefficient (Wildman–Crippen LogP) is 6.52. The summed E-state index contributed by atoms with van der Waals surface area (Å²) in [5, 5.41) is 16.4. The Labute approximate surface area is 214 Å². The maximum Gasteiger partial charge on any atom is 0.229 e. The van der Waals surface area contributed by atoms with Gasteiger partial charge in [0.05, 0.1) is 23.3 Å². The van der Waals surface area contributed by atoms with Crippen LogP contribution in [0.4, 0.5) is 27.7 Å². The second-order valence-electron chi connectivity index (χ2n) is 8.31. The Morgan fingerprint density at radius 2 is 1.94 bits per heavy atom. The van der Waals surface area contributed by atoms with E-state index in [4.69, 9.17) is 11.6 Å². The van der Waals surface area contributed by atoms with Crippen LogP contribution in [0, 0.1) is 19.7 Å². The number of hydrogen-bond acceptors (Lipinski definition) is 7. The van der Waals surface area contributed by atoms with Crippen LogP contribution >= 0.6 is 11.6 Å². The van der Waals surface area contributed by atoms with E-state index in [2.05, 4.69) is 54.1 Å². The molecule has 4 aromatic rings. The van der Waals surface area contributed by atoms with E-state index in [9.17, 15) is 0 Å². The first-order valence-electron chi connectivity index (χ1n) is 11.6. The highest BCUT2D eigenvalue weighted by molar-refractivity contribution is 6.32. The van der Waals surface area contributed by atoms with Gasteiger partial charge in [0.2, 0.25) is 5.95 Å². The summed E-state index contributed by atoms with van der Waals surface area (Å²) in [4.78, 5) is 13.1. The molecule has 0 saturated carbocycles. The summed E-state index contributed by atoms with van der Waals surface area (Å²) in [6.07, 6.45) is 7.36. The molecule has 0 amide bonds. The zero-order valence-electron chi connectivity index (χ0n) is 20.6. The summed E-state index contributed by atoms with van der Waals surface area (Å²) in [6, 6.07) is 8.91. The quantitative estimate of drug-likeness (QED) is 0.205. The first kappa shape index (κ1) is 25.1. The van der Waals surface area contributed by atoms with Crippen molar-refractivity contribution >= 4 is 40.6 Å². The first-order chi connectivity index (χ1) is 17.4. The lowest BCUT2D eigenvalue weighted by Gasteiger charge is -2.13. The van der Waals surface area contributed by atoms with E-state index in [0.717, 1.165) is 46.6 Å². The van der Waals surface area contributed by atoms with Gasteiger partial charge in [0.15, 0.2) is 11.6 Å². The fraction of sp³-hybridized carbons (Fsp3) is 0.231. The van der Waals surface area contributed by atoms with Crippen molar-refractivity contribution in [2.24, 2.45) is 0 Å². The molecule has 0 saturated heterocycles. The van der Waals surface area contributed by atoms with E-state index >= 15 is 4.39 Å². The number of aryl methyl sites for hydroxylation is 2. The minimum atomic E-state index is -0.436. The van der Waals surface area contributed by atoms with E-state index in [-0.39, 0.29) is 11.6 Å². The molecule has 1 aromatic carbocycles. The van der Waals surface area contributed by atoms with E-state index in [0.29, 0.717) is 16.7 Å². The molecule has 4 rings (SSSR count). The molecule has 0 radical (unpaired) electrons. The molecule has 8 nitrogen and oxygen atoms in total. The summed E-state index contributed by atoms with van der Waals surface area (Å²) in [5.74, 6) is 0.682. The topological polar surface area (TPSA) is 103 Å². The number of aromatic amines is 1. The molecule has 0 aliphatic heterocycles. The second-order valence-corrected chi connectivity index (χ2v) is 8.72. The van der Waals surface area contributed by atoms with Crippen molar-refractivity contribution in [3.8, 4) is 11.1 Å². The van der Waals surface area contributed by atoms with E-state index in [1.807, 2.05) is 39.1 Å². The van der Waals surface area contributed by atoms with Gasteiger partial charge < -0.3 is 16.0 Å². The molecule has 4 N–H and O–H groups in total. The van der Waals surface area contributed by atoms with Crippen LogP contribution in [-0.4, -0.2) is 32.2 Å². The zero-order chi connectivity index (χ0) is 25.7. The van der Waals surface area contributed by atoms with Gasteiger partial charge in [-0.1, -0.05) is 37.1 Å². The summed E-state index contributed by atoms with van der Waals surface area (Å²) in [5.41, 5.74) is 5.43. The Kier molecular flexibility index (Phi) is 7.80. The number of anilines is 4. The van der Waals surface area contributed by atoms with Crippen molar-refractivity contribution in [2.75, 3.05) is 17.7 Å². The fourth-order valence-electron chi connectivity index (χ4n) is 3.66. The Morgan fingerprint density at radius 3 is 2.61 bits per heavy atom. The fourth-order valence-corrected chi connectivity index (χ4v) is 3.80. The van der Waals surface area contributed by atoms with Crippen molar-refractivity contribution in [2.45, 2.75) is 33.6 Å². The molecular weight excluding hydrogens is 479 g/mol. The molecule has 10 heteroatoms. The number of aromatic nitrogens is 5. The average molecular weight is 507 g/mol. The van der Waals surface area contributed by atoms with Gasteiger partial charge in [-0.05, 0) is 49.6 Å². The van der Waals surface area contributed by atoms with E-state index in [1.54, 1.807) is 12.3 Å². The third-order valence-electron chi connectivity index (χ3n) is 5.51. The third kappa shape index (κ3) is 5.80. The van der Waals surface area contributed by atoms with E-state index in [1.165, 1.54) is 12.3 Å². The Bertz CT molecular complexity index is 1380. The molecule has 0 spiro atoms. The number of rotatable bonds is 9. The smallest absolute Gasteiger partial charge is 0.229 e. The molecule has 0 atom stereocenters. The number of H-pyrrole nitrogens is 1. The molecule has 0 aliphatic carbocycles. The minimum absolute atomic E-state index is 0.199. The molecule has 36 heavy (non-hydrogen) atoms. The van der Waals surface area contributed by atoms with Crippen LogP contribution in [0.15, 0.2) is 48.8 Å². The average Bonchev–Trinajstić information content (AvgIpc) is 3.28. The standard InChI is InChI=1S/C26H28ClFN8/c1-5-6-7-21(29-4)22-9-8-17(13-30-22)18-12-20(28)23(10-15(18)2)32-26-31-14-19(27)25(34-26)33-24-11-16(3)35-36-24/h7-14,29H,5-6H2,1-4H3,(H3,31,32,33,34,35,36)/b21-7+. The lowest BCUT2D eigenvalue weighted by Crippen LogP contribution is -2.06. The predicted molar refractivity (Wildman–Crippen MR) is 143 cm³/mol. The summed E-state index contributed by atoms with van der Waals surface area (Å²) in [6.45, 7) is 5.94. The highest BCUT2D eigenvalue weighted by Gasteiger charge is 2.13. The summed E-state index contributed by atoms with van der Waals surface area (Å²) >= 11 is 6.23. The lowest BCUT2D eigenvalue weighted by molar-refractivity contribution is 0.631. The van der Waals surface area contributed by atoms with Gasteiger partial charge in [-0.2, -0.15) is 10.1 Å². The van der Waals surface area contributed by atoms with E-state index < -0.39 is 5.82 Å². The highest BCUT2D eigenvalue weighted by atomic mass is 35.5. The van der Waals surface area contributed by atoms with Crippen molar-refractivity contribution in [3.05, 3.63) is 76.6 Å². The van der Waals surface area contributed by atoms with Crippen LogP contribution < -0.4 is 16.0 Å². The number of hydrogen-bond donors (Lipinski definition) is 4. The van der Waals surface area contributed by atoms with Crippen LogP contribution in [0.2, 0.25) is 5.02 Å². The Hall–Kier alpha value is -3.98. The van der Waals surface area contributed by atoms with Crippen molar-refractivity contribution in [3.63, 3.8) is 0 Å². The maximum atomic E-state index is 15.1. The van der Waals surface area contributed by atoms with Gasteiger partial charge in [0, 0.05) is 30.6 Å². The van der Waals surface area contributed by atoms with Gasteiger partial charge in [0.25, 0.3) is 0 Å². The van der Waals surface area contributed by atoms with Gasteiger partial charge in [-0.15, -0.1) is 0 Å². The molecule has 186 valence electrons. The molecule has 0 unspecified atom stereocenters. The molecular formula is C26H28ClFN8. The second kappa shape index (κ2) is 11.2. The molecule has 0 aliphatic rings. The molecule has 3 aromatic heterocycles. The van der Waals surface area contributed by atoms with Gasteiger partial charge in [0.1, 0.15) is 10.8 Å². The molecule has 3 heterocycles. The summed E-state index contributed by atoms with van der Waals surface area (Å²) < 4.78 is 15.1. The minimum Gasteiger partial charge on any atom is -0.387 e. The monoisotopic (exact) mass is 506 g/mol. The first-order valence-corrected chi connectivity index (χ1v) is 12.0. The largest absolute Gasteiger partial charge is 0.387 e. The number of unbranched alkanes of at least 4 members (excludes halogenated alkanes) is 1. The number of nitrogens with one attached hydrogen (secondary N) is 4. The SMILES string of the molecule is CCC/C=C(/NC)c1ccc(-c2cc(F)c(Nc3ncc(Cl)c(Nc4cc(C)[nH]n4)n3)cc2C)cn1. The van der Waals surface area contributed by atoms with Crippen LogP contribution in [0.3, 0.4) is 0 Å². The number of allylic oxidation sites excluding steroid dienone is 1. The van der Waals surface area contributed by atoms with Gasteiger partial charge in [-0.3, -0.25) is 10.1 Å². The third-order valence-corrected chi connectivity index (χ3v) is 5.79. The summed E-state index contributed by atoms with van der Waals surface area (Å²) in [7, 11) is 1.88. The van der Waals surface area contributed by atoms with Crippen LogP contribution in [0.1, 0.15) is 36.7 Å². The zero-order valence-corrected chi connectivity index (χ0v) is 21.3. The molecule has 0 fully saturated rings. The van der Waals surface area contributed by atoms with Gasteiger partial charge >= 0.3 is 0 Å². The van der Waals surface area contributed by atoms with Crippen LogP contribution in [0.5, 0.6) is 0 Å². The Balaban J connectivity index is 1.55. The number of benzene rings is 1. The lowest BCUT2D eigenvalue weighted by atomic mass is 10.0. The normalized spacial score (nSPS) is 11.4. The number of halogens is 2.